The van der Waals surface area contributed by atoms with Gasteiger partial charge >= 0.3 is 12.1 Å². The molecule has 2 saturated heterocycles. The molecule has 1 saturated carbocycles. The molecule has 9 rings (SSSR count). The Balaban J connectivity index is 0.000000210. The molecule has 0 spiro atoms. The molecule has 25 heteroatoms. The molecule has 6 atom stereocenters. The normalized spacial score (nSPS) is 23.2. The van der Waals surface area contributed by atoms with Crippen molar-refractivity contribution in [3.8, 4) is 11.5 Å². The maximum Gasteiger partial charge on any atom is 0.410 e. The van der Waals surface area contributed by atoms with Crippen LogP contribution in [0.2, 0.25) is 10.0 Å². The van der Waals surface area contributed by atoms with Gasteiger partial charge in [-0.3, -0.25) is 24.1 Å². The second kappa shape index (κ2) is 23.8. The summed E-state index contributed by atoms with van der Waals surface area (Å²) in [5.74, 6) is -1.29. The van der Waals surface area contributed by atoms with Gasteiger partial charge in [0, 0.05) is 86.4 Å². The molecule has 2 aromatic heterocycles. The van der Waals surface area contributed by atoms with Gasteiger partial charge in [-0.1, -0.05) is 46.5 Å². The van der Waals surface area contributed by atoms with Crippen molar-refractivity contribution >= 4 is 53.0 Å². The highest BCUT2D eigenvalue weighted by atomic mass is 35.5. The number of benzene rings is 2. The van der Waals surface area contributed by atoms with E-state index in [2.05, 4.69) is 20.6 Å². The Morgan fingerprint density at radius 1 is 0.722 bits per heavy atom. The van der Waals surface area contributed by atoms with E-state index in [1.54, 1.807) is 71.6 Å². The number of likely N-dealkylation sites (tertiary alicyclic amines) is 2. The SMILES string of the molecule is C[C@H]1CCC(=O)N1C[C@@H]1c2c(OCc3nnn(C)c3C(F)F)ccc(Cl)c2CCN1C(=O)OC(C)(C)C.C[C@H]1CCC(=O)N1C[C@@H]1c2c(OCc3nnn(C)c3C(F)F)ccc(Cl)c2CCN1C(=O)[C@@H]1CCCC[C@]1(C)C(=O)O. The summed E-state index contributed by atoms with van der Waals surface area (Å²) in [7, 11) is 2.77. The van der Waals surface area contributed by atoms with Crippen molar-refractivity contribution in [3.05, 3.63) is 79.3 Å². The lowest BCUT2D eigenvalue weighted by atomic mass is 9.66. The van der Waals surface area contributed by atoms with E-state index in [0.29, 0.717) is 90.7 Å². The number of hydrogen-bond donors (Lipinski definition) is 1. The van der Waals surface area contributed by atoms with E-state index in [4.69, 9.17) is 37.4 Å². The topological polar surface area (TPSA) is 208 Å². The summed E-state index contributed by atoms with van der Waals surface area (Å²) in [4.78, 5) is 72.4. The van der Waals surface area contributed by atoms with Crippen LogP contribution in [-0.4, -0.2) is 128 Å². The molecule has 2 aromatic carbocycles. The Labute approximate surface area is 465 Å². The van der Waals surface area contributed by atoms with Gasteiger partial charge in [0.25, 0.3) is 12.9 Å². The third kappa shape index (κ3) is 12.3. The number of carbonyl (C=O) groups is 5. The second-order valence-electron chi connectivity index (χ2n) is 22.3. The molecule has 4 aliphatic heterocycles. The van der Waals surface area contributed by atoms with Crippen LogP contribution in [0.4, 0.5) is 22.4 Å². The molecule has 3 fully saturated rings. The molecule has 430 valence electrons. The largest absolute Gasteiger partial charge is 0.487 e. The van der Waals surface area contributed by atoms with E-state index < -0.39 is 53.9 Å². The van der Waals surface area contributed by atoms with Crippen LogP contribution in [0.15, 0.2) is 24.3 Å². The molecule has 5 aliphatic rings. The number of nitrogens with zero attached hydrogens (tertiary/aromatic N) is 10. The van der Waals surface area contributed by atoms with Crippen LogP contribution in [0.5, 0.6) is 11.5 Å². The number of fused-ring (bicyclic) bond motifs is 2. The van der Waals surface area contributed by atoms with Crippen LogP contribution in [-0.2, 0) is 64.1 Å². The fourth-order valence-electron chi connectivity index (χ4n) is 11.7. The monoisotopic (exact) mass is 1150 g/mol. The molecule has 0 radical (unpaired) electrons. The summed E-state index contributed by atoms with van der Waals surface area (Å²) in [5, 5.41) is 26.2. The van der Waals surface area contributed by atoms with Crippen molar-refractivity contribution in [1.82, 2.24) is 49.6 Å². The first kappa shape index (κ1) is 58.9. The Morgan fingerprint density at radius 2 is 1.18 bits per heavy atom. The van der Waals surface area contributed by atoms with Crippen LogP contribution >= 0.6 is 23.2 Å². The van der Waals surface area contributed by atoms with Crippen molar-refractivity contribution in [2.24, 2.45) is 25.4 Å². The maximum absolute atomic E-state index is 14.3. The highest BCUT2D eigenvalue weighted by Gasteiger charge is 2.51. The fourth-order valence-corrected chi connectivity index (χ4v) is 12.2. The predicted molar refractivity (Wildman–Crippen MR) is 280 cm³/mol. The molecule has 19 nitrogen and oxygen atoms in total. The minimum absolute atomic E-state index is 0.00870. The number of ether oxygens (including phenoxy) is 3. The Kier molecular flexibility index (Phi) is 17.8. The van der Waals surface area contributed by atoms with Crippen LogP contribution < -0.4 is 9.47 Å². The van der Waals surface area contributed by atoms with Crippen molar-refractivity contribution in [3.63, 3.8) is 0 Å². The smallest absolute Gasteiger partial charge is 0.410 e. The van der Waals surface area contributed by atoms with Gasteiger partial charge in [0.15, 0.2) is 0 Å². The average Bonchev–Trinajstić information content (AvgIpc) is 4.32. The summed E-state index contributed by atoms with van der Waals surface area (Å²) >= 11 is 13.2. The molecule has 1 aliphatic carbocycles. The minimum Gasteiger partial charge on any atom is -0.487 e. The van der Waals surface area contributed by atoms with Gasteiger partial charge in [0.1, 0.15) is 53.1 Å². The quantitative estimate of drug-likeness (QED) is 0.117. The molecular weight excluding hydrogens is 1080 g/mol. The van der Waals surface area contributed by atoms with Gasteiger partial charge in [-0.15, -0.1) is 10.2 Å². The summed E-state index contributed by atoms with van der Waals surface area (Å²) in [6.45, 7) is 11.4. The van der Waals surface area contributed by atoms with Gasteiger partial charge in [-0.2, -0.15) is 0 Å². The Hall–Kier alpha value is -6.23. The summed E-state index contributed by atoms with van der Waals surface area (Å²) in [5.41, 5.74) is 0.172. The maximum atomic E-state index is 14.3. The van der Waals surface area contributed by atoms with Gasteiger partial charge in [-0.05, 0) is 115 Å². The number of aliphatic carboxylic acids is 1. The zero-order chi connectivity index (χ0) is 57.4. The lowest BCUT2D eigenvalue weighted by molar-refractivity contribution is -0.162. The zero-order valence-corrected chi connectivity index (χ0v) is 47.1. The number of aromatic nitrogens is 6. The summed E-state index contributed by atoms with van der Waals surface area (Å²) in [6.07, 6.45) is -0.649. The summed E-state index contributed by atoms with van der Waals surface area (Å²) in [6, 6.07) is 5.33. The third-order valence-electron chi connectivity index (χ3n) is 16.1. The number of hydrogen-bond acceptors (Lipinski definition) is 12. The molecular formula is C54H68Cl2F4N10O9. The second-order valence-corrected chi connectivity index (χ2v) is 23.1. The van der Waals surface area contributed by atoms with Crippen molar-refractivity contribution in [2.75, 3.05) is 26.2 Å². The first-order valence-corrected chi connectivity index (χ1v) is 27.4. The first-order valence-electron chi connectivity index (χ1n) is 26.6. The fraction of sp³-hybridized carbons (Fsp3) is 0.611. The number of rotatable bonds is 14. The van der Waals surface area contributed by atoms with Gasteiger partial charge in [0.2, 0.25) is 17.7 Å². The van der Waals surface area contributed by atoms with Crippen LogP contribution in [0.25, 0.3) is 0 Å². The molecule has 4 amide bonds. The van der Waals surface area contributed by atoms with E-state index in [9.17, 15) is 46.6 Å². The number of carboxylic acid groups (broad SMARTS) is 1. The van der Waals surface area contributed by atoms with Crippen molar-refractivity contribution in [1.29, 1.82) is 0 Å². The molecule has 6 heterocycles. The predicted octanol–water partition coefficient (Wildman–Crippen LogP) is 9.53. The van der Waals surface area contributed by atoms with E-state index in [1.165, 1.54) is 14.1 Å². The minimum atomic E-state index is -2.80. The Bertz CT molecular complexity index is 2960. The number of alkyl halides is 4. The molecule has 0 unspecified atom stereocenters. The van der Waals surface area contributed by atoms with Crippen LogP contribution in [0, 0.1) is 11.3 Å². The first-order chi connectivity index (χ1) is 37.3. The highest BCUT2D eigenvalue weighted by molar-refractivity contribution is 6.32. The standard InChI is InChI=1S/C29H36ClF2N5O5.C25H32ClF2N5O4/c1-16-7-10-23(38)37(16)14-21-24-17(11-13-36(21)27(39)18-6-4-5-12-29(18,2)28(40)41)19(30)8-9-22(24)42-15-20-25(26(31)32)35(3)34-33-20;1-14-6-9-20(34)33(14)12-18-21-15(10-11-32(18)24(35)37-25(2,3)4)16(26)7-8-19(21)36-13-17-22(23(27)28)31(5)30-29-17/h8-9,16,18,21,26H,4-7,10-15H2,1-3H3,(H,40,41);7-8,14,18,23H,6,9-13H2,1-5H3/t16-,18-,21+,29-;14-,18+/m00/s1. The third-order valence-corrected chi connectivity index (χ3v) is 16.8. The van der Waals surface area contributed by atoms with E-state index >= 15 is 0 Å². The van der Waals surface area contributed by atoms with Gasteiger partial charge in [0.05, 0.1) is 23.4 Å². The van der Waals surface area contributed by atoms with E-state index in [1.807, 2.05) is 13.8 Å². The average molecular weight is 1150 g/mol. The number of aryl methyl sites for hydroxylation is 2. The van der Waals surface area contributed by atoms with Crippen LogP contribution in [0.3, 0.4) is 0 Å². The summed E-state index contributed by atoms with van der Waals surface area (Å²) < 4.78 is 74.3. The van der Waals surface area contributed by atoms with Crippen molar-refractivity contribution in [2.45, 2.75) is 162 Å². The van der Waals surface area contributed by atoms with E-state index in [-0.39, 0.29) is 78.9 Å². The van der Waals surface area contributed by atoms with E-state index in [0.717, 1.165) is 39.8 Å². The van der Waals surface area contributed by atoms with Gasteiger partial charge < -0.3 is 34.0 Å². The number of carboxylic acids is 1. The molecule has 1 N–H and O–H groups in total. The molecule has 79 heavy (non-hydrogen) atoms. The molecule has 0 bridgehead atoms. The lowest BCUT2D eigenvalue weighted by Crippen LogP contribution is -2.53. The number of halogens is 6. The highest BCUT2D eigenvalue weighted by Crippen LogP contribution is 2.48. The lowest BCUT2D eigenvalue weighted by Gasteiger charge is -2.45. The van der Waals surface area contributed by atoms with Crippen LogP contribution in [0.1, 0.15) is 163 Å². The Morgan fingerprint density at radius 3 is 1.59 bits per heavy atom. The number of amides is 4. The molecule has 4 aromatic rings. The van der Waals surface area contributed by atoms with Gasteiger partial charge in [-0.25, -0.2) is 31.7 Å². The zero-order valence-electron chi connectivity index (χ0n) is 45.6. The van der Waals surface area contributed by atoms with Crippen molar-refractivity contribution < 1.29 is 60.9 Å². The number of carbonyl (C=O) groups excluding carboxylic acids is 4.